The van der Waals surface area contributed by atoms with Crippen LogP contribution in [0.4, 0.5) is 0 Å². The van der Waals surface area contributed by atoms with E-state index in [4.69, 9.17) is 0 Å². The maximum absolute atomic E-state index is 12.7. The minimum absolute atomic E-state index is 0.0117. The summed E-state index contributed by atoms with van der Waals surface area (Å²) in [6, 6.07) is 13.4. The molecule has 0 aliphatic rings. The fourth-order valence-electron chi connectivity index (χ4n) is 2.54. The van der Waals surface area contributed by atoms with Crippen molar-refractivity contribution in [3.8, 4) is 0 Å². The van der Waals surface area contributed by atoms with Crippen molar-refractivity contribution in [2.24, 2.45) is 0 Å². The fraction of sp³-hybridized carbons (Fsp3) is 0.211. The van der Waals surface area contributed by atoms with Crippen LogP contribution in [0.5, 0.6) is 0 Å². The van der Waals surface area contributed by atoms with Crippen LogP contribution in [0.2, 0.25) is 0 Å². The highest BCUT2D eigenvalue weighted by Crippen LogP contribution is 2.19. The Balaban J connectivity index is 1.70. The summed E-state index contributed by atoms with van der Waals surface area (Å²) in [5.41, 5.74) is 2.68. The van der Waals surface area contributed by atoms with E-state index in [2.05, 4.69) is 9.97 Å². The molecule has 5 nitrogen and oxygen atoms in total. The normalized spacial score (nSPS) is 11.9. The van der Waals surface area contributed by atoms with Crippen molar-refractivity contribution in [1.82, 2.24) is 19.4 Å². The molecule has 1 atom stereocenters. The lowest BCUT2D eigenvalue weighted by Gasteiger charge is -2.24. The molecule has 0 N–H and O–H groups in total. The third-order valence-electron chi connectivity index (χ3n) is 4.14. The predicted molar refractivity (Wildman–Crippen MR) is 92.5 cm³/mol. The third-order valence-corrected chi connectivity index (χ3v) is 4.14. The van der Waals surface area contributed by atoms with Crippen LogP contribution in [0.15, 0.2) is 67.4 Å². The van der Waals surface area contributed by atoms with Crippen LogP contribution < -0.4 is 0 Å². The van der Waals surface area contributed by atoms with Gasteiger partial charge in [-0.15, -0.1) is 0 Å². The Morgan fingerprint density at radius 2 is 1.96 bits per heavy atom. The van der Waals surface area contributed by atoms with Crippen molar-refractivity contribution in [1.29, 1.82) is 0 Å². The van der Waals surface area contributed by atoms with Crippen molar-refractivity contribution in [2.45, 2.75) is 19.5 Å². The van der Waals surface area contributed by atoms with Crippen LogP contribution in [-0.2, 0) is 6.54 Å². The van der Waals surface area contributed by atoms with Gasteiger partial charge >= 0.3 is 0 Å². The number of imidazole rings is 1. The largest absolute Gasteiger partial charge is 0.333 e. The molecule has 2 aromatic heterocycles. The van der Waals surface area contributed by atoms with Crippen LogP contribution in [0, 0.1) is 0 Å². The summed E-state index contributed by atoms with van der Waals surface area (Å²) in [6.07, 6.45) is 7.20. The Morgan fingerprint density at radius 3 is 2.58 bits per heavy atom. The van der Waals surface area contributed by atoms with Gasteiger partial charge in [0.05, 0.1) is 18.1 Å². The third kappa shape index (κ3) is 3.51. The second-order valence-corrected chi connectivity index (χ2v) is 5.78. The topological polar surface area (TPSA) is 51.0 Å². The lowest BCUT2D eigenvalue weighted by molar-refractivity contribution is 0.0740. The van der Waals surface area contributed by atoms with E-state index in [1.54, 1.807) is 30.7 Å². The summed E-state index contributed by atoms with van der Waals surface area (Å²) >= 11 is 0. The van der Waals surface area contributed by atoms with Gasteiger partial charge in [0, 0.05) is 37.7 Å². The number of rotatable bonds is 5. The molecule has 122 valence electrons. The maximum atomic E-state index is 12.7. The average Bonchev–Trinajstić information content (AvgIpc) is 3.14. The van der Waals surface area contributed by atoms with Crippen LogP contribution in [0.3, 0.4) is 0 Å². The van der Waals surface area contributed by atoms with Crippen molar-refractivity contribution in [3.05, 3.63) is 84.2 Å². The van der Waals surface area contributed by atoms with E-state index >= 15 is 0 Å². The molecule has 0 radical (unpaired) electrons. The molecular formula is C19H20N4O. The van der Waals surface area contributed by atoms with Gasteiger partial charge in [0.15, 0.2) is 0 Å². The molecule has 5 heteroatoms. The number of hydrogen-bond donors (Lipinski definition) is 0. The van der Waals surface area contributed by atoms with Gasteiger partial charge in [-0.1, -0.05) is 18.2 Å². The van der Waals surface area contributed by atoms with Crippen molar-refractivity contribution in [2.75, 3.05) is 7.05 Å². The molecule has 0 aliphatic carbocycles. The standard InChI is InChI=1S/C19H20N4O/c1-15(18-5-3-4-10-21-18)22(2)19(24)17-8-6-16(7-9-17)13-23-12-11-20-14-23/h3-12,14-15H,13H2,1-2H3. The lowest BCUT2D eigenvalue weighted by Crippen LogP contribution is -2.30. The molecular weight excluding hydrogens is 300 g/mol. The highest BCUT2D eigenvalue weighted by atomic mass is 16.2. The number of amides is 1. The minimum Gasteiger partial charge on any atom is -0.333 e. The van der Waals surface area contributed by atoms with Gasteiger partial charge in [0.1, 0.15) is 0 Å². The van der Waals surface area contributed by atoms with E-state index in [0.717, 1.165) is 17.8 Å². The van der Waals surface area contributed by atoms with E-state index in [1.807, 2.05) is 60.2 Å². The second-order valence-electron chi connectivity index (χ2n) is 5.78. The monoisotopic (exact) mass is 320 g/mol. The van der Waals surface area contributed by atoms with Gasteiger partial charge in [0.25, 0.3) is 5.91 Å². The van der Waals surface area contributed by atoms with E-state index in [9.17, 15) is 4.79 Å². The summed E-state index contributed by atoms with van der Waals surface area (Å²) in [6.45, 7) is 2.72. The van der Waals surface area contributed by atoms with Crippen LogP contribution in [0.1, 0.15) is 34.6 Å². The molecule has 0 saturated carbocycles. The molecule has 0 bridgehead atoms. The Bertz CT molecular complexity index is 782. The first kappa shape index (κ1) is 15.9. The number of pyridine rings is 1. The smallest absolute Gasteiger partial charge is 0.254 e. The minimum atomic E-state index is -0.0793. The van der Waals surface area contributed by atoms with E-state index in [1.165, 1.54) is 0 Å². The van der Waals surface area contributed by atoms with Crippen molar-refractivity contribution in [3.63, 3.8) is 0 Å². The number of carbonyl (C=O) groups excluding carboxylic acids is 1. The summed E-state index contributed by atoms with van der Waals surface area (Å²) < 4.78 is 1.99. The van der Waals surface area contributed by atoms with Gasteiger partial charge in [-0.3, -0.25) is 9.78 Å². The molecule has 3 aromatic rings. The highest BCUT2D eigenvalue weighted by molar-refractivity contribution is 5.94. The van der Waals surface area contributed by atoms with Crippen molar-refractivity contribution >= 4 is 5.91 Å². The summed E-state index contributed by atoms with van der Waals surface area (Å²) in [5, 5.41) is 0. The number of nitrogens with zero attached hydrogens (tertiary/aromatic N) is 4. The molecule has 1 amide bonds. The first-order valence-electron chi connectivity index (χ1n) is 7.88. The van der Waals surface area contributed by atoms with E-state index in [0.29, 0.717) is 5.56 Å². The molecule has 1 aromatic carbocycles. The number of hydrogen-bond acceptors (Lipinski definition) is 3. The SMILES string of the molecule is CC(c1ccccn1)N(C)C(=O)c1ccc(Cn2ccnc2)cc1. The zero-order valence-corrected chi connectivity index (χ0v) is 13.8. The van der Waals surface area contributed by atoms with Gasteiger partial charge in [-0.05, 0) is 36.8 Å². The average molecular weight is 320 g/mol. The molecule has 0 aliphatic heterocycles. The molecule has 1 unspecified atom stereocenters. The van der Waals surface area contributed by atoms with Gasteiger partial charge in [-0.2, -0.15) is 0 Å². The quantitative estimate of drug-likeness (QED) is 0.725. The second kappa shape index (κ2) is 7.08. The first-order chi connectivity index (χ1) is 11.6. The first-order valence-corrected chi connectivity index (χ1v) is 7.88. The van der Waals surface area contributed by atoms with Gasteiger partial charge < -0.3 is 9.47 Å². The van der Waals surface area contributed by atoms with Crippen LogP contribution in [-0.4, -0.2) is 32.4 Å². The number of benzene rings is 1. The molecule has 2 heterocycles. The van der Waals surface area contributed by atoms with Gasteiger partial charge in [-0.25, -0.2) is 4.98 Å². The summed E-state index contributed by atoms with van der Waals surface area (Å²) in [5.74, 6) is -0.0117. The Labute approximate surface area is 141 Å². The molecule has 3 rings (SSSR count). The molecule has 0 fully saturated rings. The zero-order chi connectivity index (χ0) is 16.9. The van der Waals surface area contributed by atoms with Crippen LogP contribution >= 0.6 is 0 Å². The van der Waals surface area contributed by atoms with Gasteiger partial charge in [0.2, 0.25) is 0 Å². The number of aromatic nitrogens is 3. The van der Waals surface area contributed by atoms with Crippen LogP contribution in [0.25, 0.3) is 0 Å². The zero-order valence-electron chi connectivity index (χ0n) is 13.8. The summed E-state index contributed by atoms with van der Waals surface area (Å²) in [7, 11) is 1.81. The Kier molecular flexibility index (Phi) is 4.70. The van der Waals surface area contributed by atoms with E-state index < -0.39 is 0 Å². The Hall–Kier alpha value is -2.95. The number of carbonyl (C=O) groups is 1. The molecule has 0 saturated heterocycles. The molecule has 0 spiro atoms. The summed E-state index contributed by atoms with van der Waals surface area (Å²) in [4.78, 5) is 22.7. The maximum Gasteiger partial charge on any atom is 0.254 e. The predicted octanol–water partition coefficient (Wildman–Crippen LogP) is 3.16. The highest BCUT2D eigenvalue weighted by Gasteiger charge is 2.19. The van der Waals surface area contributed by atoms with E-state index in [-0.39, 0.29) is 11.9 Å². The fourth-order valence-corrected chi connectivity index (χ4v) is 2.54. The van der Waals surface area contributed by atoms with Crippen molar-refractivity contribution < 1.29 is 4.79 Å². The Morgan fingerprint density at radius 1 is 1.17 bits per heavy atom. The molecule has 24 heavy (non-hydrogen) atoms. The lowest BCUT2D eigenvalue weighted by atomic mass is 10.1.